The van der Waals surface area contributed by atoms with Gasteiger partial charge in [-0.2, -0.15) is 0 Å². The lowest BCUT2D eigenvalue weighted by Gasteiger charge is -2.23. The van der Waals surface area contributed by atoms with Crippen molar-refractivity contribution in [3.8, 4) is 0 Å². The number of aryl methyl sites for hydroxylation is 1. The topological polar surface area (TPSA) is 104 Å². The summed E-state index contributed by atoms with van der Waals surface area (Å²) in [5.41, 5.74) is 1.44. The van der Waals surface area contributed by atoms with Gasteiger partial charge in [-0.05, 0) is 31.0 Å². The summed E-state index contributed by atoms with van der Waals surface area (Å²) in [6.45, 7) is 3.94. The Morgan fingerprint density at radius 2 is 2.19 bits per heavy atom. The van der Waals surface area contributed by atoms with Crippen LogP contribution < -0.4 is 16.2 Å². The highest BCUT2D eigenvalue weighted by atomic mass is 32.2. The number of anilines is 2. The van der Waals surface area contributed by atoms with Gasteiger partial charge < -0.3 is 15.6 Å². The fraction of sp³-hybridized carbons (Fsp3) is 0.333. The summed E-state index contributed by atoms with van der Waals surface area (Å²) in [6.07, 6.45) is 0.843. The van der Waals surface area contributed by atoms with Crippen molar-refractivity contribution in [3.63, 3.8) is 0 Å². The molecule has 0 saturated heterocycles. The molecular weight excluding hydrogens is 352 g/mol. The van der Waals surface area contributed by atoms with Crippen LogP contribution in [0.25, 0.3) is 0 Å². The molecule has 3 rings (SSSR count). The molecule has 0 saturated carbocycles. The van der Waals surface area contributed by atoms with E-state index in [-0.39, 0.29) is 23.7 Å². The lowest BCUT2D eigenvalue weighted by atomic mass is 9.92. The molecule has 2 heterocycles. The van der Waals surface area contributed by atoms with Crippen LogP contribution in [0.3, 0.4) is 0 Å². The number of amides is 2. The van der Waals surface area contributed by atoms with E-state index in [1.54, 1.807) is 6.07 Å². The zero-order valence-electron chi connectivity index (χ0n) is 14.6. The molecule has 136 valence electrons. The second-order valence-corrected chi connectivity index (χ2v) is 7.23. The van der Waals surface area contributed by atoms with Gasteiger partial charge in [-0.1, -0.05) is 30.8 Å². The van der Waals surface area contributed by atoms with Crippen LogP contribution >= 0.6 is 11.8 Å². The summed E-state index contributed by atoms with van der Waals surface area (Å²) in [5.74, 6) is -0.624. The lowest BCUT2D eigenvalue weighted by Crippen LogP contribution is -2.36. The predicted octanol–water partition coefficient (Wildman–Crippen LogP) is 2.64. The van der Waals surface area contributed by atoms with E-state index in [2.05, 4.69) is 20.6 Å². The fourth-order valence-electron chi connectivity index (χ4n) is 2.79. The van der Waals surface area contributed by atoms with Crippen molar-refractivity contribution in [1.29, 1.82) is 0 Å². The second kappa shape index (κ2) is 7.74. The number of H-pyrrole nitrogens is 1. The highest BCUT2D eigenvalue weighted by Crippen LogP contribution is 2.30. The first kappa shape index (κ1) is 18.2. The molecule has 2 amide bonds. The van der Waals surface area contributed by atoms with Gasteiger partial charge in [0.2, 0.25) is 11.8 Å². The summed E-state index contributed by atoms with van der Waals surface area (Å²) in [7, 11) is 0. The number of benzene rings is 1. The van der Waals surface area contributed by atoms with Gasteiger partial charge >= 0.3 is 0 Å². The number of aromatic amines is 1. The van der Waals surface area contributed by atoms with Crippen molar-refractivity contribution in [1.82, 2.24) is 9.97 Å². The normalized spacial score (nSPS) is 15.9. The Hall–Kier alpha value is -2.61. The van der Waals surface area contributed by atoms with Gasteiger partial charge in [0.15, 0.2) is 5.16 Å². The van der Waals surface area contributed by atoms with Crippen LogP contribution in [-0.2, 0) is 9.59 Å². The van der Waals surface area contributed by atoms with E-state index < -0.39 is 17.4 Å². The number of aromatic nitrogens is 2. The van der Waals surface area contributed by atoms with Crippen molar-refractivity contribution in [2.75, 3.05) is 16.4 Å². The molecule has 7 nitrogen and oxygen atoms in total. The van der Waals surface area contributed by atoms with Crippen LogP contribution in [0.4, 0.5) is 11.5 Å². The maximum Gasteiger partial charge on any atom is 0.257 e. The van der Waals surface area contributed by atoms with Crippen LogP contribution in [0.15, 0.2) is 34.2 Å². The van der Waals surface area contributed by atoms with Gasteiger partial charge in [-0.25, -0.2) is 4.98 Å². The molecule has 1 atom stereocenters. The summed E-state index contributed by atoms with van der Waals surface area (Å²) >= 11 is 1.40. The van der Waals surface area contributed by atoms with E-state index in [0.29, 0.717) is 10.8 Å². The molecule has 0 fully saturated rings. The SMILES string of the molecule is CCCSc1nc2c(c(=O)[nH]1)C(C(=O)Nc1cccc(C)c1)CC(=O)N2. The van der Waals surface area contributed by atoms with E-state index >= 15 is 0 Å². The Labute approximate surface area is 155 Å². The predicted molar refractivity (Wildman–Crippen MR) is 102 cm³/mol. The van der Waals surface area contributed by atoms with Crippen molar-refractivity contribution in [3.05, 3.63) is 45.7 Å². The third kappa shape index (κ3) is 3.96. The van der Waals surface area contributed by atoms with Crippen LogP contribution in [0.2, 0.25) is 0 Å². The molecule has 0 radical (unpaired) electrons. The van der Waals surface area contributed by atoms with Crippen LogP contribution in [0, 0.1) is 6.92 Å². The molecule has 0 bridgehead atoms. The highest BCUT2D eigenvalue weighted by Gasteiger charge is 2.34. The smallest absolute Gasteiger partial charge is 0.257 e. The third-order valence-corrected chi connectivity index (χ3v) is 5.05. The molecule has 1 aromatic carbocycles. The molecule has 26 heavy (non-hydrogen) atoms. The molecule has 1 aliphatic heterocycles. The standard InChI is InChI=1S/C18H20N4O3S/c1-3-7-26-18-21-15-14(17(25)22-18)12(9-13(23)20-15)16(24)19-11-6-4-5-10(2)8-11/h4-6,8,12H,3,7,9H2,1-2H3,(H,19,24)(H2,20,21,22,23,25). The third-order valence-electron chi connectivity index (χ3n) is 3.97. The van der Waals surface area contributed by atoms with E-state index in [1.807, 2.05) is 32.0 Å². The first-order valence-corrected chi connectivity index (χ1v) is 9.41. The van der Waals surface area contributed by atoms with Gasteiger partial charge in [0.05, 0.1) is 11.5 Å². The average molecular weight is 372 g/mol. The van der Waals surface area contributed by atoms with Gasteiger partial charge in [0.25, 0.3) is 5.56 Å². The number of hydrogen-bond acceptors (Lipinski definition) is 5. The minimum Gasteiger partial charge on any atom is -0.326 e. The number of fused-ring (bicyclic) bond motifs is 1. The van der Waals surface area contributed by atoms with Crippen molar-refractivity contribution in [2.45, 2.75) is 37.8 Å². The van der Waals surface area contributed by atoms with Crippen molar-refractivity contribution in [2.24, 2.45) is 0 Å². The van der Waals surface area contributed by atoms with Crippen LogP contribution in [-0.4, -0.2) is 27.5 Å². The highest BCUT2D eigenvalue weighted by molar-refractivity contribution is 7.99. The maximum absolute atomic E-state index is 12.7. The Balaban J connectivity index is 1.91. The van der Waals surface area contributed by atoms with Crippen molar-refractivity contribution >= 4 is 35.1 Å². The first-order valence-electron chi connectivity index (χ1n) is 8.42. The number of carbonyl (C=O) groups is 2. The number of rotatable bonds is 5. The first-order chi connectivity index (χ1) is 12.5. The summed E-state index contributed by atoms with van der Waals surface area (Å²) < 4.78 is 0. The Morgan fingerprint density at radius 3 is 2.92 bits per heavy atom. The van der Waals surface area contributed by atoms with Crippen molar-refractivity contribution < 1.29 is 9.59 Å². The minimum atomic E-state index is -0.874. The lowest BCUT2D eigenvalue weighted by molar-refractivity contribution is -0.123. The molecule has 8 heteroatoms. The molecule has 2 aromatic rings. The van der Waals surface area contributed by atoms with E-state index in [9.17, 15) is 14.4 Å². The van der Waals surface area contributed by atoms with Gasteiger partial charge in [-0.15, -0.1) is 0 Å². The average Bonchev–Trinajstić information content (AvgIpc) is 2.58. The molecule has 1 aliphatic rings. The number of carbonyl (C=O) groups excluding carboxylic acids is 2. The second-order valence-electron chi connectivity index (χ2n) is 6.15. The Bertz CT molecular complexity index is 910. The van der Waals surface area contributed by atoms with Gasteiger partial charge in [-0.3, -0.25) is 14.4 Å². The largest absolute Gasteiger partial charge is 0.326 e. The van der Waals surface area contributed by atoms with Gasteiger partial charge in [0.1, 0.15) is 5.82 Å². The summed E-state index contributed by atoms with van der Waals surface area (Å²) in [4.78, 5) is 44.3. The van der Waals surface area contributed by atoms with Crippen LogP contribution in [0.5, 0.6) is 0 Å². The molecule has 1 aromatic heterocycles. The number of nitrogens with one attached hydrogen (secondary N) is 3. The summed E-state index contributed by atoms with van der Waals surface area (Å²) in [5, 5.41) is 5.84. The maximum atomic E-state index is 12.7. The molecule has 3 N–H and O–H groups in total. The zero-order chi connectivity index (χ0) is 18.7. The monoisotopic (exact) mass is 372 g/mol. The van der Waals surface area contributed by atoms with E-state index in [4.69, 9.17) is 0 Å². The number of thioether (sulfide) groups is 1. The van der Waals surface area contributed by atoms with E-state index in [1.165, 1.54) is 11.8 Å². The molecule has 0 spiro atoms. The minimum absolute atomic E-state index is 0.0864. The quantitative estimate of drug-likeness (QED) is 0.553. The fourth-order valence-corrected chi connectivity index (χ4v) is 3.51. The molecule has 0 aliphatic carbocycles. The Morgan fingerprint density at radius 1 is 1.38 bits per heavy atom. The van der Waals surface area contributed by atoms with Crippen LogP contribution in [0.1, 0.15) is 36.8 Å². The summed E-state index contributed by atoms with van der Waals surface area (Å²) in [6, 6.07) is 7.34. The zero-order valence-corrected chi connectivity index (χ0v) is 15.4. The number of hydrogen-bond donors (Lipinski definition) is 3. The number of nitrogens with zero attached hydrogens (tertiary/aromatic N) is 1. The van der Waals surface area contributed by atoms with Gasteiger partial charge in [0, 0.05) is 17.9 Å². The Kier molecular flexibility index (Phi) is 5.41. The molecule has 1 unspecified atom stereocenters. The van der Waals surface area contributed by atoms with E-state index in [0.717, 1.165) is 17.7 Å². The molecular formula is C18H20N4O3S.